The summed E-state index contributed by atoms with van der Waals surface area (Å²) in [5, 5.41) is 10.0. The lowest BCUT2D eigenvalue weighted by atomic mass is 10.0. The van der Waals surface area contributed by atoms with Crippen LogP contribution in [0.3, 0.4) is 0 Å². The minimum Gasteiger partial charge on any atom is -0.309 e. The van der Waals surface area contributed by atoms with E-state index in [9.17, 15) is 9.18 Å². The average molecular weight is 370 g/mol. The van der Waals surface area contributed by atoms with Gasteiger partial charge in [0, 0.05) is 17.7 Å². The summed E-state index contributed by atoms with van der Waals surface area (Å²) in [7, 11) is 0. The molecule has 0 spiro atoms. The van der Waals surface area contributed by atoms with E-state index in [0.29, 0.717) is 11.7 Å². The second-order valence-electron chi connectivity index (χ2n) is 6.53. The molecule has 1 heterocycles. The molecule has 4 rings (SSSR count). The maximum atomic E-state index is 13.3. The van der Waals surface area contributed by atoms with Crippen LogP contribution in [-0.4, -0.2) is 16.1 Å². The van der Waals surface area contributed by atoms with E-state index in [0.717, 1.165) is 22.4 Å². The van der Waals surface area contributed by atoms with Gasteiger partial charge >= 0.3 is 0 Å². The average Bonchev–Trinajstić information content (AvgIpc) is 3.38. The summed E-state index contributed by atoms with van der Waals surface area (Å²) in [6, 6.07) is 14.1. The number of halogens is 2. The number of nitrogens with one attached hydrogen (secondary N) is 2. The van der Waals surface area contributed by atoms with Crippen molar-refractivity contribution in [2.24, 2.45) is 0 Å². The molecule has 1 amide bonds. The molecule has 3 aromatic rings. The number of amides is 1. The van der Waals surface area contributed by atoms with E-state index in [-0.39, 0.29) is 17.4 Å². The van der Waals surface area contributed by atoms with Crippen molar-refractivity contribution in [3.63, 3.8) is 0 Å². The number of carbonyl (C=O) groups is 1. The van der Waals surface area contributed by atoms with Crippen molar-refractivity contribution in [1.29, 1.82) is 0 Å². The summed E-state index contributed by atoms with van der Waals surface area (Å²) in [5.74, 6) is 0.582. The lowest BCUT2D eigenvalue weighted by Crippen LogP contribution is -2.14. The summed E-state index contributed by atoms with van der Waals surface area (Å²) in [5.41, 5.74) is 3.72. The highest BCUT2D eigenvalue weighted by Crippen LogP contribution is 2.39. The zero-order valence-corrected chi connectivity index (χ0v) is 14.7. The molecule has 1 aromatic heterocycles. The van der Waals surface area contributed by atoms with Crippen LogP contribution < -0.4 is 5.32 Å². The number of anilines is 1. The normalized spacial score (nSPS) is 13.6. The number of carbonyl (C=O) groups excluding carboxylic acids is 1. The molecule has 0 bridgehead atoms. The van der Waals surface area contributed by atoms with E-state index >= 15 is 0 Å². The Labute approximate surface area is 155 Å². The first-order valence-corrected chi connectivity index (χ1v) is 8.86. The van der Waals surface area contributed by atoms with Crippen molar-refractivity contribution < 1.29 is 9.18 Å². The smallest absolute Gasteiger partial charge is 0.229 e. The minimum atomic E-state index is -0.438. The summed E-state index contributed by atoms with van der Waals surface area (Å²) in [4.78, 5) is 12.2. The maximum absolute atomic E-state index is 13.3. The van der Waals surface area contributed by atoms with Crippen LogP contribution in [0, 0.1) is 5.82 Å². The van der Waals surface area contributed by atoms with Gasteiger partial charge in [0.15, 0.2) is 5.82 Å². The van der Waals surface area contributed by atoms with Crippen LogP contribution in [0.15, 0.2) is 48.5 Å². The van der Waals surface area contributed by atoms with Crippen LogP contribution in [0.1, 0.15) is 30.0 Å². The Morgan fingerprint density at radius 1 is 1.15 bits per heavy atom. The fourth-order valence-corrected chi connectivity index (χ4v) is 3.05. The number of H-pyrrole nitrogens is 1. The number of aromatic nitrogens is 2. The lowest BCUT2D eigenvalue weighted by molar-refractivity contribution is -0.115. The zero-order chi connectivity index (χ0) is 18.1. The Balaban J connectivity index is 1.39. The quantitative estimate of drug-likeness (QED) is 0.670. The van der Waals surface area contributed by atoms with E-state index in [1.807, 2.05) is 30.3 Å². The maximum Gasteiger partial charge on any atom is 0.229 e. The van der Waals surface area contributed by atoms with Crippen LogP contribution in [0.25, 0.3) is 11.1 Å². The minimum absolute atomic E-state index is 0.0931. The van der Waals surface area contributed by atoms with E-state index < -0.39 is 5.82 Å². The molecule has 26 heavy (non-hydrogen) atoms. The molecule has 6 heteroatoms. The molecular weight excluding hydrogens is 353 g/mol. The zero-order valence-electron chi connectivity index (χ0n) is 13.9. The second kappa shape index (κ2) is 6.92. The first-order chi connectivity index (χ1) is 12.6. The molecule has 2 aromatic carbocycles. The number of nitrogens with zero attached hydrogens (tertiary/aromatic N) is 1. The van der Waals surface area contributed by atoms with Gasteiger partial charge in [0.1, 0.15) is 5.82 Å². The van der Waals surface area contributed by atoms with Gasteiger partial charge in [0.25, 0.3) is 0 Å². The SMILES string of the molecule is O=C(Cc1ccc(-c2ccc(F)c(Cl)c2)cc1)Nc1cc(C2CC2)[nH]n1. The Hall–Kier alpha value is -2.66. The van der Waals surface area contributed by atoms with Crippen molar-refractivity contribution in [3.8, 4) is 11.1 Å². The van der Waals surface area contributed by atoms with Gasteiger partial charge < -0.3 is 5.32 Å². The molecule has 0 atom stereocenters. The highest BCUT2D eigenvalue weighted by Gasteiger charge is 2.25. The highest BCUT2D eigenvalue weighted by molar-refractivity contribution is 6.31. The summed E-state index contributed by atoms with van der Waals surface area (Å²) in [6.07, 6.45) is 2.62. The molecule has 132 valence electrons. The first kappa shape index (κ1) is 16.8. The van der Waals surface area contributed by atoms with Crippen molar-refractivity contribution in [3.05, 3.63) is 70.6 Å². The second-order valence-corrected chi connectivity index (χ2v) is 6.94. The van der Waals surface area contributed by atoms with Crippen LogP contribution in [0.2, 0.25) is 5.02 Å². The molecule has 0 unspecified atom stereocenters. The molecule has 1 saturated carbocycles. The monoisotopic (exact) mass is 369 g/mol. The number of rotatable bonds is 5. The summed E-state index contributed by atoms with van der Waals surface area (Å²) < 4.78 is 13.3. The molecule has 1 aliphatic carbocycles. The van der Waals surface area contributed by atoms with Gasteiger partial charge in [-0.15, -0.1) is 0 Å². The molecule has 0 saturated heterocycles. The standard InChI is InChI=1S/C20H17ClFN3O/c21-16-10-15(7-8-17(16)22)13-3-1-12(2-4-13)9-20(26)23-19-11-18(24-25-19)14-5-6-14/h1-4,7-8,10-11,14H,5-6,9H2,(H2,23,24,25,26). The van der Waals surface area contributed by atoms with Crippen LogP contribution >= 0.6 is 11.6 Å². The molecule has 2 N–H and O–H groups in total. The van der Waals surface area contributed by atoms with E-state index in [1.54, 1.807) is 12.1 Å². The van der Waals surface area contributed by atoms with Crippen LogP contribution in [0.5, 0.6) is 0 Å². The van der Waals surface area contributed by atoms with Gasteiger partial charge in [0.2, 0.25) is 5.91 Å². The predicted octanol–water partition coefficient (Wildman–Crippen LogP) is 4.93. The number of hydrogen-bond acceptors (Lipinski definition) is 2. The van der Waals surface area contributed by atoms with Crippen molar-refractivity contribution >= 4 is 23.3 Å². The topological polar surface area (TPSA) is 57.8 Å². The van der Waals surface area contributed by atoms with Gasteiger partial charge in [-0.2, -0.15) is 5.10 Å². The predicted molar refractivity (Wildman–Crippen MR) is 99.7 cm³/mol. The van der Waals surface area contributed by atoms with E-state index in [1.165, 1.54) is 18.9 Å². The Kier molecular flexibility index (Phi) is 4.47. The van der Waals surface area contributed by atoms with Crippen LogP contribution in [-0.2, 0) is 11.2 Å². The fourth-order valence-electron chi connectivity index (χ4n) is 2.87. The van der Waals surface area contributed by atoms with Gasteiger partial charge in [-0.25, -0.2) is 4.39 Å². The fraction of sp³-hybridized carbons (Fsp3) is 0.200. The Bertz CT molecular complexity index is 948. The molecule has 4 nitrogen and oxygen atoms in total. The molecule has 0 aliphatic heterocycles. The largest absolute Gasteiger partial charge is 0.309 e. The van der Waals surface area contributed by atoms with E-state index in [2.05, 4.69) is 15.5 Å². The Morgan fingerprint density at radius 3 is 2.58 bits per heavy atom. The van der Waals surface area contributed by atoms with Crippen LogP contribution in [0.4, 0.5) is 10.2 Å². The molecule has 1 fully saturated rings. The third-order valence-electron chi connectivity index (χ3n) is 4.45. The first-order valence-electron chi connectivity index (χ1n) is 8.48. The van der Waals surface area contributed by atoms with E-state index in [4.69, 9.17) is 11.6 Å². The third kappa shape index (κ3) is 3.78. The molecule has 0 radical (unpaired) electrons. The van der Waals surface area contributed by atoms with Gasteiger partial charge in [-0.3, -0.25) is 9.89 Å². The molecule has 1 aliphatic rings. The Morgan fingerprint density at radius 2 is 1.88 bits per heavy atom. The molecular formula is C20H17ClFN3O. The number of aromatic amines is 1. The van der Waals surface area contributed by atoms with Gasteiger partial charge in [0.05, 0.1) is 11.4 Å². The number of benzene rings is 2. The van der Waals surface area contributed by atoms with Crippen molar-refractivity contribution in [2.45, 2.75) is 25.2 Å². The van der Waals surface area contributed by atoms with Gasteiger partial charge in [-0.1, -0.05) is 41.9 Å². The van der Waals surface area contributed by atoms with Crippen molar-refractivity contribution in [2.75, 3.05) is 5.32 Å². The summed E-state index contributed by atoms with van der Waals surface area (Å²) in [6.45, 7) is 0. The summed E-state index contributed by atoms with van der Waals surface area (Å²) >= 11 is 5.83. The third-order valence-corrected chi connectivity index (χ3v) is 4.74. The lowest BCUT2D eigenvalue weighted by Gasteiger charge is -2.06. The van der Waals surface area contributed by atoms with Gasteiger partial charge in [-0.05, 0) is 41.7 Å². The number of hydrogen-bond donors (Lipinski definition) is 2. The van der Waals surface area contributed by atoms with Crippen molar-refractivity contribution in [1.82, 2.24) is 10.2 Å². The highest BCUT2D eigenvalue weighted by atomic mass is 35.5.